The highest BCUT2D eigenvalue weighted by molar-refractivity contribution is 5.76. The Kier molecular flexibility index (Phi) is 4.68. The minimum Gasteiger partial charge on any atom is -0.373 e. The van der Waals surface area contributed by atoms with Gasteiger partial charge in [-0.15, -0.1) is 0 Å². The summed E-state index contributed by atoms with van der Waals surface area (Å²) in [5.74, 6) is 0.138. The second-order valence-corrected chi connectivity index (χ2v) is 7.38. The monoisotopic (exact) mass is 354 g/mol. The van der Waals surface area contributed by atoms with E-state index in [1.54, 1.807) is 10.9 Å². The Bertz CT molecular complexity index is 724. The van der Waals surface area contributed by atoms with Gasteiger partial charge in [-0.2, -0.15) is 5.10 Å². The highest BCUT2D eigenvalue weighted by atomic mass is 16.5. The lowest BCUT2D eigenvalue weighted by atomic mass is 9.87. The van der Waals surface area contributed by atoms with Crippen LogP contribution in [0.3, 0.4) is 0 Å². The number of nitrogens with zero attached hydrogens (tertiary/aromatic N) is 4. The summed E-state index contributed by atoms with van der Waals surface area (Å²) in [7, 11) is 2.14. The van der Waals surface area contributed by atoms with Gasteiger partial charge in [0.05, 0.1) is 18.2 Å². The van der Waals surface area contributed by atoms with Crippen molar-refractivity contribution in [3.8, 4) is 0 Å². The molecule has 2 aliphatic rings. The highest BCUT2D eigenvalue weighted by Crippen LogP contribution is 2.38. The predicted molar refractivity (Wildman–Crippen MR) is 100.0 cm³/mol. The lowest BCUT2D eigenvalue weighted by Crippen LogP contribution is -2.47. The van der Waals surface area contributed by atoms with E-state index in [0.717, 1.165) is 39.0 Å². The topological polar surface area (TPSA) is 50.6 Å². The van der Waals surface area contributed by atoms with Crippen molar-refractivity contribution in [2.45, 2.75) is 37.5 Å². The van der Waals surface area contributed by atoms with Gasteiger partial charge in [0.1, 0.15) is 6.54 Å². The van der Waals surface area contributed by atoms with Crippen molar-refractivity contribution in [3.05, 3.63) is 48.8 Å². The van der Waals surface area contributed by atoms with Crippen molar-refractivity contribution < 1.29 is 9.53 Å². The fourth-order valence-electron chi connectivity index (χ4n) is 4.09. The van der Waals surface area contributed by atoms with E-state index in [9.17, 15) is 4.79 Å². The molecule has 2 aliphatic heterocycles. The number of anilines is 1. The number of para-hydroxylation sites is 1. The summed E-state index contributed by atoms with van der Waals surface area (Å²) in [5.41, 5.74) is 1.15. The van der Waals surface area contributed by atoms with Crippen molar-refractivity contribution in [2.24, 2.45) is 0 Å². The van der Waals surface area contributed by atoms with E-state index in [4.69, 9.17) is 4.74 Å². The van der Waals surface area contributed by atoms with Gasteiger partial charge >= 0.3 is 0 Å². The number of hydrogen-bond acceptors (Lipinski definition) is 4. The first kappa shape index (κ1) is 17.1. The van der Waals surface area contributed by atoms with Crippen LogP contribution in [0.1, 0.15) is 19.3 Å². The van der Waals surface area contributed by atoms with E-state index in [-0.39, 0.29) is 11.5 Å². The summed E-state index contributed by atoms with van der Waals surface area (Å²) >= 11 is 0. The molecule has 26 heavy (non-hydrogen) atoms. The van der Waals surface area contributed by atoms with Gasteiger partial charge in [0.25, 0.3) is 0 Å². The van der Waals surface area contributed by atoms with E-state index in [2.05, 4.69) is 41.3 Å². The molecule has 1 aromatic carbocycles. The van der Waals surface area contributed by atoms with Gasteiger partial charge in [-0.05, 0) is 37.5 Å². The molecule has 4 rings (SSSR count). The van der Waals surface area contributed by atoms with Gasteiger partial charge in [-0.25, -0.2) is 0 Å². The molecule has 1 amide bonds. The van der Waals surface area contributed by atoms with Crippen LogP contribution in [0.2, 0.25) is 0 Å². The maximum absolute atomic E-state index is 12.4. The molecule has 1 unspecified atom stereocenters. The van der Waals surface area contributed by atoms with Crippen molar-refractivity contribution in [3.63, 3.8) is 0 Å². The lowest BCUT2D eigenvalue weighted by Gasteiger charge is -2.39. The second-order valence-electron chi connectivity index (χ2n) is 7.38. The fourth-order valence-corrected chi connectivity index (χ4v) is 4.09. The summed E-state index contributed by atoms with van der Waals surface area (Å²) in [5, 5.41) is 4.12. The molecule has 6 nitrogen and oxygen atoms in total. The molecular formula is C20H26N4O2. The molecule has 2 fully saturated rings. The van der Waals surface area contributed by atoms with Crippen LogP contribution in [0.5, 0.6) is 0 Å². The summed E-state index contributed by atoms with van der Waals surface area (Å²) < 4.78 is 7.96. The number of likely N-dealkylation sites (tertiary alicyclic amines) is 1. The molecule has 3 heterocycles. The Labute approximate surface area is 154 Å². The van der Waals surface area contributed by atoms with Crippen LogP contribution < -0.4 is 4.90 Å². The number of piperidine rings is 1. The number of likely N-dealkylation sites (N-methyl/N-ethyl adjacent to an activating group) is 1. The molecule has 0 saturated carbocycles. The minimum atomic E-state index is -0.0732. The third-order valence-electron chi connectivity index (χ3n) is 5.78. The number of carbonyl (C=O) groups is 1. The number of ether oxygens (including phenoxy) is 1. The molecule has 1 aromatic heterocycles. The van der Waals surface area contributed by atoms with Crippen LogP contribution in [0, 0.1) is 0 Å². The van der Waals surface area contributed by atoms with Crippen molar-refractivity contribution >= 4 is 11.6 Å². The van der Waals surface area contributed by atoms with Gasteiger partial charge in [-0.3, -0.25) is 9.48 Å². The van der Waals surface area contributed by atoms with E-state index >= 15 is 0 Å². The van der Waals surface area contributed by atoms with Crippen molar-refractivity contribution in [2.75, 3.05) is 31.6 Å². The van der Waals surface area contributed by atoms with Crippen LogP contribution in [-0.4, -0.2) is 59.0 Å². The Hall–Kier alpha value is -2.34. The maximum Gasteiger partial charge on any atom is 0.244 e. The Morgan fingerprint density at radius 2 is 2.04 bits per heavy atom. The van der Waals surface area contributed by atoms with Gasteiger partial charge < -0.3 is 14.5 Å². The molecular weight excluding hydrogens is 328 g/mol. The molecule has 0 bridgehead atoms. The quantitative estimate of drug-likeness (QED) is 0.844. The van der Waals surface area contributed by atoms with Crippen molar-refractivity contribution in [1.29, 1.82) is 0 Å². The summed E-state index contributed by atoms with van der Waals surface area (Å²) in [4.78, 5) is 16.7. The van der Waals surface area contributed by atoms with Crippen LogP contribution in [-0.2, 0) is 16.1 Å². The average molecular weight is 354 g/mol. The third-order valence-corrected chi connectivity index (χ3v) is 5.78. The molecule has 0 aliphatic carbocycles. The molecule has 6 heteroatoms. The number of carbonyl (C=O) groups excluding carboxylic acids is 1. The number of hydrogen-bond donors (Lipinski definition) is 0. The second kappa shape index (κ2) is 7.11. The Morgan fingerprint density at radius 1 is 1.27 bits per heavy atom. The van der Waals surface area contributed by atoms with Gasteiger partial charge in [0, 0.05) is 38.2 Å². The van der Waals surface area contributed by atoms with Crippen LogP contribution in [0.4, 0.5) is 5.69 Å². The number of aromatic nitrogens is 2. The van der Waals surface area contributed by atoms with E-state index in [1.807, 2.05) is 23.2 Å². The summed E-state index contributed by atoms with van der Waals surface area (Å²) in [6.07, 6.45) is 6.38. The van der Waals surface area contributed by atoms with Crippen LogP contribution in [0.25, 0.3) is 0 Å². The first-order valence-electron chi connectivity index (χ1n) is 9.32. The van der Waals surface area contributed by atoms with E-state index in [1.165, 1.54) is 5.69 Å². The summed E-state index contributed by atoms with van der Waals surface area (Å²) in [6, 6.07) is 12.7. The van der Waals surface area contributed by atoms with Crippen LogP contribution in [0.15, 0.2) is 48.8 Å². The summed E-state index contributed by atoms with van der Waals surface area (Å²) in [6.45, 7) is 2.61. The zero-order chi connectivity index (χ0) is 18.0. The van der Waals surface area contributed by atoms with Crippen molar-refractivity contribution in [1.82, 2.24) is 14.7 Å². The molecule has 1 atom stereocenters. The normalized spacial score (nSPS) is 21.9. The molecule has 0 N–H and O–H groups in total. The largest absolute Gasteiger partial charge is 0.373 e. The molecule has 138 valence electrons. The van der Waals surface area contributed by atoms with E-state index in [0.29, 0.717) is 12.6 Å². The molecule has 1 spiro atoms. The standard InChI is InChI=1S/C20H26N4O2/c1-22(17-6-3-2-4-7-17)18-14-20(26-16-18)8-12-23(13-9-20)19(25)15-24-11-5-10-21-24/h2-7,10-11,18H,8-9,12-16H2,1H3. The smallest absolute Gasteiger partial charge is 0.244 e. The minimum absolute atomic E-state index is 0.0732. The van der Waals surface area contributed by atoms with Crippen LogP contribution >= 0.6 is 0 Å². The number of amides is 1. The molecule has 0 radical (unpaired) electrons. The maximum atomic E-state index is 12.4. The fraction of sp³-hybridized carbons (Fsp3) is 0.500. The Balaban J connectivity index is 1.32. The SMILES string of the molecule is CN(c1ccccc1)C1COC2(CCN(C(=O)Cn3cccn3)CC2)C1. The first-order chi connectivity index (χ1) is 12.7. The Morgan fingerprint density at radius 3 is 2.73 bits per heavy atom. The third kappa shape index (κ3) is 3.46. The lowest BCUT2D eigenvalue weighted by molar-refractivity contribution is -0.136. The predicted octanol–water partition coefficient (Wildman–Crippen LogP) is 2.17. The zero-order valence-corrected chi connectivity index (χ0v) is 15.3. The average Bonchev–Trinajstić information content (AvgIpc) is 3.33. The zero-order valence-electron chi connectivity index (χ0n) is 15.3. The van der Waals surface area contributed by atoms with Gasteiger partial charge in [-0.1, -0.05) is 18.2 Å². The van der Waals surface area contributed by atoms with Gasteiger partial charge in [0.2, 0.25) is 5.91 Å². The number of rotatable bonds is 4. The molecule has 2 aromatic rings. The van der Waals surface area contributed by atoms with E-state index < -0.39 is 0 Å². The number of benzene rings is 1. The highest BCUT2D eigenvalue weighted by Gasteiger charge is 2.44. The molecule has 2 saturated heterocycles. The van der Waals surface area contributed by atoms with Gasteiger partial charge in [0.15, 0.2) is 0 Å². The first-order valence-corrected chi connectivity index (χ1v) is 9.32.